The van der Waals surface area contributed by atoms with E-state index >= 15 is 0 Å². The van der Waals surface area contributed by atoms with Gasteiger partial charge in [0.05, 0.1) is 25.2 Å². The Kier molecular flexibility index (Phi) is 7.86. The van der Waals surface area contributed by atoms with Crippen molar-refractivity contribution >= 4 is 16.8 Å². The third kappa shape index (κ3) is 5.97. The van der Waals surface area contributed by atoms with Crippen molar-refractivity contribution in [2.75, 3.05) is 64.5 Å². The minimum atomic E-state index is 0.542. The predicted octanol–water partition coefficient (Wildman–Crippen LogP) is 4.28. The molecular weight excluding hydrogens is 440 g/mol. The number of piperidine rings is 1. The first-order valence-electron chi connectivity index (χ1n) is 13.0. The normalized spacial score (nSPS) is 21.9. The molecule has 3 heterocycles. The van der Waals surface area contributed by atoms with E-state index in [9.17, 15) is 0 Å². The first kappa shape index (κ1) is 24.1. The van der Waals surface area contributed by atoms with Crippen molar-refractivity contribution < 1.29 is 14.0 Å². The molecule has 1 aromatic heterocycles. The number of nitrogens with zero attached hydrogens (tertiary/aromatic N) is 4. The predicted molar refractivity (Wildman–Crippen MR) is 139 cm³/mol. The van der Waals surface area contributed by atoms with E-state index in [0.29, 0.717) is 12.0 Å². The molecular formula is C28H38N4O3. The summed E-state index contributed by atoms with van der Waals surface area (Å²) in [6, 6.07) is 17.2. The van der Waals surface area contributed by atoms with E-state index in [2.05, 4.69) is 64.2 Å². The Morgan fingerprint density at radius 2 is 1.86 bits per heavy atom. The Morgan fingerprint density at radius 1 is 1.06 bits per heavy atom. The molecule has 0 bridgehead atoms. The minimum Gasteiger partial charge on any atom is -0.493 e. The molecule has 2 aromatic carbocycles. The van der Waals surface area contributed by atoms with Gasteiger partial charge in [-0.15, -0.1) is 0 Å². The van der Waals surface area contributed by atoms with Crippen molar-refractivity contribution in [1.29, 1.82) is 0 Å². The number of likely N-dealkylation sites (N-methyl/N-ethyl adjacent to an activating group) is 1. The average Bonchev–Trinajstić information content (AvgIpc) is 3.33. The summed E-state index contributed by atoms with van der Waals surface area (Å²) in [5, 5.41) is 5.38. The molecule has 5 rings (SSSR count). The van der Waals surface area contributed by atoms with Crippen molar-refractivity contribution in [3.63, 3.8) is 0 Å². The fraction of sp³-hybridized carbons (Fsp3) is 0.536. The molecule has 2 atom stereocenters. The van der Waals surface area contributed by atoms with Crippen LogP contribution in [0.2, 0.25) is 0 Å². The molecule has 0 unspecified atom stereocenters. The van der Waals surface area contributed by atoms with Crippen LogP contribution in [-0.2, 0) is 11.3 Å². The van der Waals surface area contributed by atoms with Crippen LogP contribution in [0.5, 0.6) is 5.75 Å². The van der Waals surface area contributed by atoms with Gasteiger partial charge in [0.2, 0.25) is 0 Å². The van der Waals surface area contributed by atoms with Crippen molar-refractivity contribution in [3.8, 4) is 5.75 Å². The van der Waals surface area contributed by atoms with Crippen LogP contribution in [0.1, 0.15) is 25.3 Å². The molecule has 7 nitrogen and oxygen atoms in total. The summed E-state index contributed by atoms with van der Waals surface area (Å²) in [6.07, 6.45) is 2.42. The molecule has 188 valence electrons. The van der Waals surface area contributed by atoms with Gasteiger partial charge in [-0.3, -0.25) is 9.80 Å². The molecule has 0 spiro atoms. The first-order chi connectivity index (χ1) is 17.2. The van der Waals surface area contributed by atoms with E-state index in [1.807, 2.05) is 18.2 Å². The summed E-state index contributed by atoms with van der Waals surface area (Å²) in [7, 11) is 2.10. The van der Waals surface area contributed by atoms with E-state index in [0.717, 1.165) is 81.6 Å². The monoisotopic (exact) mass is 478 g/mol. The van der Waals surface area contributed by atoms with Crippen molar-refractivity contribution in [1.82, 2.24) is 15.0 Å². The SMILES string of the molecule is C[C@H]1CC[C@H](COc2ccccc2CN2CCOCC2)CN1CCN(C)c1noc2ccccc12. The van der Waals surface area contributed by atoms with Gasteiger partial charge >= 0.3 is 0 Å². The maximum absolute atomic E-state index is 6.42. The van der Waals surface area contributed by atoms with E-state index in [1.165, 1.54) is 18.4 Å². The molecule has 2 fully saturated rings. The Labute approximate surface area is 208 Å². The van der Waals surface area contributed by atoms with Crippen LogP contribution in [0.25, 0.3) is 11.0 Å². The maximum Gasteiger partial charge on any atom is 0.179 e. The molecule has 0 aliphatic carbocycles. The zero-order valence-corrected chi connectivity index (χ0v) is 21.1. The number of rotatable bonds is 9. The van der Waals surface area contributed by atoms with E-state index in [1.54, 1.807) is 0 Å². The van der Waals surface area contributed by atoms with Gasteiger partial charge in [-0.1, -0.05) is 35.5 Å². The van der Waals surface area contributed by atoms with Gasteiger partial charge in [-0.2, -0.15) is 0 Å². The fourth-order valence-corrected chi connectivity index (χ4v) is 5.23. The largest absolute Gasteiger partial charge is 0.493 e. The summed E-state index contributed by atoms with van der Waals surface area (Å²) < 4.78 is 17.4. The quantitative estimate of drug-likeness (QED) is 0.455. The highest BCUT2D eigenvalue weighted by Crippen LogP contribution is 2.27. The van der Waals surface area contributed by atoms with Gasteiger partial charge in [-0.25, -0.2) is 0 Å². The molecule has 0 N–H and O–H groups in total. The summed E-state index contributed by atoms with van der Waals surface area (Å²) in [5.74, 6) is 2.49. The lowest BCUT2D eigenvalue weighted by molar-refractivity contribution is 0.0335. The number of para-hydroxylation sites is 2. The third-order valence-electron chi connectivity index (χ3n) is 7.50. The van der Waals surface area contributed by atoms with Crippen LogP contribution in [0, 0.1) is 5.92 Å². The van der Waals surface area contributed by atoms with E-state index < -0.39 is 0 Å². The van der Waals surface area contributed by atoms with Crippen LogP contribution < -0.4 is 9.64 Å². The standard InChI is InChI=1S/C28H38N4O3/c1-22-11-12-23(21-34-26-9-5-3-7-24(26)20-31-15-17-33-18-16-31)19-32(22)14-13-30(2)28-25-8-4-6-10-27(25)35-29-28/h3-10,22-23H,11-21H2,1-2H3/t22-,23-/m0/s1. The number of benzene rings is 2. The topological polar surface area (TPSA) is 54.2 Å². The summed E-state index contributed by atoms with van der Waals surface area (Å²) in [4.78, 5) is 7.26. The molecule has 2 aliphatic heterocycles. The number of hydrogen-bond donors (Lipinski definition) is 0. The number of likely N-dealkylation sites (tertiary alicyclic amines) is 1. The number of ether oxygens (including phenoxy) is 2. The average molecular weight is 479 g/mol. The fourth-order valence-electron chi connectivity index (χ4n) is 5.23. The molecule has 7 heteroatoms. The van der Waals surface area contributed by atoms with Gasteiger partial charge in [0.25, 0.3) is 0 Å². The van der Waals surface area contributed by atoms with Gasteiger partial charge in [0, 0.05) is 63.8 Å². The van der Waals surface area contributed by atoms with Crippen LogP contribution >= 0.6 is 0 Å². The molecule has 0 saturated carbocycles. The Balaban J connectivity index is 1.14. The highest BCUT2D eigenvalue weighted by Gasteiger charge is 2.26. The lowest BCUT2D eigenvalue weighted by Crippen LogP contribution is -2.46. The van der Waals surface area contributed by atoms with Gasteiger partial charge < -0.3 is 18.9 Å². The Hall–Kier alpha value is -2.61. The van der Waals surface area contributed by atoms with E-state index in [-0.39, 0.29) is 0 Å². The van der Waals surface area contributed by atoms with Crippen molar-refractivity contribution in [3.05, 3.63) is 54.1 Å². The Morgan fingerprint density at radius 3 is 2.74 bits per heavy atom. The second-order valence-electron chi connectivity index (χ2n) is 10.0. The smallest absolute Gasteiger partial charge is 0.179 e. The molecule has 0 radical (unpaired) electrons. The maximum atomic E-state index is 6.42. The minimum absolute atomic E-state index is 0.542. The number of fused-ring (bicyclic) bond motifs is 1. The zero-order valence-electron chi connectivity index (χ0n) is 21.1. The number of hydrogen-bond acceptors (Lipinski definition) is 7. The highest BCUT2D eigenvalue weighted by molar-refractivity contribution is 5.88. The summed E-state index contributed by atoms with van der Waals surface area (Å²) in [5.41, 5.74) is 2.11. The van der Waals surface area contributed by atoms with Crippen LogP contribution in [-0.4, -0.2) is 80.6 Å². The first-order valence-corrected chi connectivity index (χ1v) is 13.0. The molecule has 0 amide bonds. The Bertz CT molecular complexity index is 1080. The molecule has 3 aromatic rings. The van der Waals surface area contributed by atoms with Crippen LogP contribution in [0.3, 0.4) is 0 Å². The van der Waals surface area contributed by atoms with Crippen LogP contribution in [0.4, 0.5) is 5.82 Å². The second kappa shape index (κ2) is 11.4. The van der Waals surface area contributed by atoms with Gasteiger partial charge in [-0.05, 0) is 38.0 Å². The summed E-state index contributed by atoms with van der Waals surface area (Å²) >= 11 is 0. The molecule has 2 saturated heterocycles. The van der Waals surface area contributed by atoms with Gasteiger partial charge in [0.15, 0.2) is 11.4 Å². The lowest BCUT2D eigenvalue weighted by atomic mass is 9.94. The summed E-state index contributed by atoms with van der Waals surface area (Å²) in [6.45, 7) is 10.6. The second-order valence-corrected chi connectivity index (χ2v) is 10.0. The van der Waals surface area contributed by atoms with E-state index in [4.69, 9.17) is 14.0 Å². The highest BCUT2D eigenvalue weighted by atomic mass is 16.5. The molecule has 2 aliphatic rings. The van der Waals surface area contributed by atoms with Crippen molar-refractivity contribution in [2.45, 2.75) is 32.4 Å². The van der Waals surface area contributed by atoms with Crippen molar-refractivity contribution in [2.24, 2.45) is 5.92 Å². The number of aromatic nitrogens is 1. The zero-order chi connectivity index (χ0) is 24.0. The third-order valence-corrected chi connectivity index (χ3v) is 7.50. The van der Waals surface area contributed by atoms with Gasteiger partial charge in [0.1, 0.15) is 5.75 Å². The number of anilines is 1. The lowest BCUT2D eigenvalue weighted by Gasteiger charge is -2.38. The molecule has 35 heavy (non-hydrogen) atoms. The number of morpholine rings is 1. The van der Waals surface area contributed by atoms with Crippen LogP contribution in [0.15, 0.2) is 53.1 Å².